The van der Waals surface area contributed by atoms with Crippen LogP contribution in [0.3, 0.4) is 0 Å². The third-order valence-corrected chi connectivity index (χ3v) is 2.31. The lowest BCUT2D eigenvalue weighted by molar-refractivity contribution is 0.239. The van der Waals surface area contributed by atoms with Gasteiger partial charge in [-0.25, -0.2) is 0 Å². The highest BCUT2D eigenvalue weighted by atomic mass is 32.2. The number of hydrogen-bond acceptors (Lipinski definition) is 2. The number of allylic oxidation sites excluding steroid dienone is 2. The monoisotopic (exact) mass is 198 g/mol. The zero-order valence-electron chi connectivity index (χ0n) is 9.20. The normalized spacial score (nSPS) is 15.7. The number of hydrogen-bond donors (Lipinski definition) is 0. The first-order chi connectivity index (χ1) is 5.99. The van der Waals surface area contributed by atoms with Gasteiger partial charge < -0.3 is 4.18 Å². The molecular weight excluding hydrogens is 179 g/mol. The average Bonchev–Trinajstić information content (AvgIpc) is 2.00. The van der Waals surface area contributed by atoms with E-state index in [0.29, 0.717) is 5.25 Å². The van der Waals surface area contributed by atoms with Crippen molar-refractivity contribution in [3.05, 3.63) is 24.3 Å². The summed E-state index contributed by atoms with van der Waals surface area (Å²) in [7, 11) is 2.06. The Morgan fingerprint density at radius 3 is 2.00 bits per heavy atom. The molecule has 0 aromatic rings. The topological polar surface area (TPSA) is 9.23 Å². The van der Waals surface area contributed by atoms with Gasteiger partial charge in [0.15, 0.2) is 0 Å². The maximum absolute atomic E-state index is 5.61. The lowest BCUT2D eigenvalue weighted by atomic mass is 9.86. The van der Waals surface area contributed by atoms with Crippen molar-refractivity contribution in [1.29, 1.82) is 0 Å². The Balaban J connectivity index is 3.97. The number of rotatable bonds is 5. The van der Waals surface area contributed by atoms with Crippen molar-refractivity contribution in [1.82, 2.24) is 0 Å². The minimum atomic E-state index is -0.0773. The Bertz CT molecular complexity index is 170. The van der Waals surface area contributed by atoms with Gasteiger partial charge in [0.2, 0.25) is 0 Å². The molecule has 0 fully saturated rings. The minimum Gasteiger partial charge on any atom is -0.318 e. The zero-order valence-corrected chi connectivity index (χ0v) is 10.0. The van der Waals surface area contributed by atoms with E-state index in [1.54, 1.807) is 0 Å². The van der Waals surface area contributed by atoms with Gasteiger partial charge in [-0.1, -0.05) is 24.3 Å². The summed E-state index contributed by atoms with van der Waals surface area (Å²) < 4.78 is 5.61. The molecule has 3 heteroatoms. The maximum atomic E-state index is 5.61. The first-order valence-corrected chi connectivity index (χ1v) is 5.40. The highest BCUT2D eigenvalue weighted by molar-refractivity contribution is 7.95. The molecule has 0 aliphatic carbocycles. The van der Waals surface area contributed by atoms with Crippen LogP contribution >= 0.6 is 12.0 Å². The predicted molar refractivity (Wildman–Crippen MR) is 64.7 cm³/mol. The summed E-state index contributed by atoms with van der Waals surface area (Å²) in [5.41, 5.74) is -0.0773. The van der Waals surface area contributed by atoms with Crippen LogP contribution in [-0.2, 0) is 4.18 Å². The molecule has 0 bridgehead atoms. The third-order valence-electron chi connectivity index (χ3n) is 1.17. The maximum Gasteiger partial charge on any atom is 0.144 e. The van der Waals surface area contributed by atoms with Crippen LogP contribution in [0, 0.1) is 0 Å². The van der Waals surface area contributed by atoms with Gasteiger partial charge in [0.25, 0.3) is 0 Å². The Hall–Kier alpha value is -0.145. The zero-order chi connectivity index (χ0) is 10.3. The van der Waals surface area contributed by atoms with Gasteiger partial charge in [-0.3, -0.25) is 0 Å². The van der Waals surface area contributed by atoms with Crippen molar-refractivity contribution in [2.45, 2.75) is 38.4 Å². The van der Waals surface area contributed by atoms with Crippen LogP contribution in [0.5, 0.6) is 0 Å². The molecule has 0 saturated heterocycles. The van der Waals surface area contributed by atoms with Crippen molar-refractivity contribution in [3.8, 4) is 0 Å². The van der Waals surface area contributed by atoms with E-state index in [1.165, 1.54) is 12.0 Å². The molecule has 0 aromatic carbocycles. The van der Waals surface area contributed by atoms with Gasteiger partial charge in [0.05, 0.1) is 5.25 Å². The van der Waals surface area contributed by atoms with Crippen LogP contribution in [-0.4, -0.2) is 18.6 Å². The molecule has 0 saturated carbocycles. The summed E-state index contributed by atoms with van der Waals surface area (Å²) in [4.78, 5) is 0. The predicted octanol–water partition coefficient (Wildman–Crippen LogP) is 2.54. The molecule has 74 valence electrons. The SMILES string of the molecule is BC(C)(C)OSC(C=CC)C=CC. The molecule has 0 amide bonds. The standard InChI is InChI=1S/C10H19BOS/c1-5-7-9(8-6-2)13-12-10(3,4)11/h5-9H,11H2,1-4H3. The molecule has 0 rings (SSSR count). The fourth-order valence-electron chi connectivity index (χ4n) is 0.708. The van der Waals surface area contributed by atoms with E-state index < -0.39 is 0 Å². The van der Waals surface area contributed by atoms with Crippen molar-refractivity contribution >= 4 is 19.9 Å². The fraction of sp³-hybridized carbons (Fsp3) is 0.600. The van der Waals surface area contributed by atoms with E-state index in [9.17, 15) is 0 Å². The fourth-order valence-corrected chi connectivity index (χ4v) is 1.55. The second-order valence-electron chi connectivity index (χ2n) is 3.81. The van der Waals surface area contributed by atoms with Crippen LogP contribution in [0.15, 0.2) is 24.3 Å². The molecular formula is C10H19BOS. The van der Waals surface area contributed by atoms with Crippen LogP contribution in [0.1, 0.15) is 27.7 Å². The lowest BCUT2D eigenvalue weighted by Crippen LogP contribution is -2.21. The molecule has 0 heterocycles. The summed E-state index contributed by atoms with van der Waals surface area (Å²) in [6, 6.07) is 0. The lowest BCUT2D eigenvalue weighted by Gasteiger charge is -2.19. The second kappa shape index (κ2) is 6.33. The van der Waals surface area contributed by atoms with Crippen molar-refractivity contribution in [3.63, 3.8) is 0 Å². The van der Waals surface area contributed by atoms with Gasteiger partial charge in [-0.05, 0) is 27.7 Å². The molecule has 0 spiro atoms. The Kier molecular flexibility index (Phi) is 6.26. The average molecular weight is 198 g/mol. The van der Waals surface area contributed by atoms with Crippen molar-refractivity contribution < 1.29 is 4.18 Å². The Morgan fingerprint density at radius 1 is 1.23 bits per heavy atom. The third kappa shape index (κ3) is 8.19. The summed E-state index contributed by atoms with van der Waals surface area (Å²) in [5, 5.41) is 0.328. The summed E-state index contributed by atoms with van der Waals surface area (Å²) >= 11 is 1.50. The Labute approximate surface area is 87.2 Å². The molecule has 1 nitrogen and oxygen atoms in total. The van der Waals surface area contributed by atoms with E-state index >= 15 is 0 Å². The van der Waals surface area contributed by atoms with E-state index in [0.717, 1.165) is 0 Å². The van der Waals surface area contributed by atoms with Crippen LogP contribution in [0.25, 0.3) is 0 Å². The molecule has 0 N–H and O–H groups in total. The molecule has 0 aliphatic rings. The van der Waals surface area contributed by atoms with Crippen LogP contribution in [0.2, 0.25) is 0 Å². The summed E-state index contributed by atoms with van der Waals surface area (Å²) in [6.07, 6.45) is 8.33. The summed E-state index contributed by atoms with van der Waals surface area (Å²) in [6.45, 7) is 8.16. The molecule has 0 radical (unpaired) electrons. The molecule has 13 heavy (non-hydrogen) atoms. The molecule has 0 aliphatic heterocycles. The highest BCUT2D eigenvalue weighted by Crippen LogP contribution is 2.21. The van der Waals surface area contributed by atoms with Crippen molar-refractivity contribution in [2.75, 3.05) is 0 Å². The molecule has 0 atom stereocenters. The largest absolute Gasteiger partial charge is 0.318 e. The summed E-state index contributed by atoms with van der Waals surface area (Å²) in [5.74, 6) is 0. The van der Waals surface area contributed by atoms with E-state index in [-0.39, 0.29) is 5.50 Å². The Morgan fingerprint density at radius 2 is 1.69 bits per heavy atom. The van der Waals surface area contributed by atoms with Crippen molar-refractivity contribution in [2.24, 2.45) is 0 Å². The van der Waals surface area contributed by atoms with Crippen LogP contribution < -0.4 is 0 Å². The first kappa shape index (κ1) is 12.9. The van der Waals surface area contributed by atoms with Crippen LogP contribution in [0.4, 0.5) is 0 Å². The second-order valence-corrected chi connectivity index (χ2v) is 4.71. The van der Waals surface area contributed by atoms with E-state index in [2.05, 4.69) is 33.8 Å². The smallest absolute Gasteiger partial charge is 0.144 e. The van der Waals surface area contributed by atoms with Gasteiger partial charge in [-0.2, -0.15) is 0 Å². The first-order valence-electron chi connectivity index (χ1n) is 4.59. The van der Waals surface area contributed by atoms with Gasteiger partial charge in [0, 0.05) is 17.5 Å². The molecule has 0 aromatic heterocycles. The minimum absolute atomic E-state index is 0.0773. The van der Waals surface area contributed by atoms with E-state index in [4.69, 9.17) is 4.18 Å². The highest BCUT2D eigenvalue weighted by Gasteiger charge is 2.13. The van der Waals surface area contributed by atoms with E-state index in [1.807, 2.05) is 26.0 Å². The van der Waals surface area contributed by atoms with Gasteiger partial charge in [-0.15, -0.1) is 0 Å². The van der Waals surface area contributed by atoms with Gasteiger partial charge >= 0.3 is 0 Å². The van der Waals surface area contributed by atoms with Gasteiger partial charge in [0.1, 0.15) is 7.85 Å². The molecule has 0 unspecified atom stereocenters. The quantitative estimate of drug-likeness (QED) is 0.381.